The second kappa shape index (κ2) is 6.03. The highest BCUT2D eigenvalue weighted by molar-refractivity contribution is 6.31. The molecule has 0 heterocycles. The summed E-state index contributed by atoms with van der Waals surface area (Å²) in [5, 5.41) is 12.6. The third-order valence-electron chi connectivity index (χ3n) is 2.84. The molecular weight excluding hydrogens is 326 g/mol. The van der Waals surface area contributed by atoms with E-state index >= 15 is 0 Å². The summed E-state index contributed by atoms with van der Waals surface area (Å²) < 4.78 is 38.8. The standard InChI is InChI=1S/C14H10Cl2F3NO/c15-8-4-5-12(10(6-8)14(17,18)19)20-7-9-11(16)2-1-3-13(9)21/h1-6,20-21H,7H2. The maximum absolute atomic E-state index is 12.9. The van der Waals surface area contributed by atoms with Crippen LogP contribution in [0.4, 0.5) is 18.9 Å². The summed E-state index contributed by atoms with van der Waals surface area (Å²) in [6.45, 7) is -0.0454. The highest BCUT2D eigenvalue weighted by Gasteiger charge is 2.33. The van der Waals surface area contributed by atoms with E-state index in [1.54, 1.807) is 12.1 Å². The zero-order valence-corrected chi connectivity index (χ0v) is 12.0. The minimum Gasteiger partial charge on any atom is -0.508 e. The zero-order chi connectivity index (χ0) is 15.6. The monoisotopic (exact) mass is 335 g/mol. The van der Waals surface area contributed by atoms with Gasteiger partial charge in [0.1, 0.15) is 5.75 Å². The van der Waals surface area contributed by atoms with E-state index in [0.717, 1.165) is 6.07 Å². The van der Waals surface area contributed by atoms with Crippen LogP contribution in [0, 0.1) is 0 Å². The Kier molecular flexibility index (Phi) is 4.54. The summed E-state index contributed by atoms with van der Waals surface area (Å²) in [5.41, 5.74) is -0.685. The van der Waals surface area contributed by atoms with Crippen molar-refractivity contribution in [1.29, 1.82) is 0 Å². The van der Waals surface area contributed by atoms with Crippen molar-refractivity contribution in [3.63, 3.8) is 0 Å². The molecule has 0 spiro atoms. The van der Waals surface area contributed by atoms with Gasteiger partial charge in [0.15, 0.2) is 0 Å². The second-order valence-electron chi connectivity index (χ2n) is 4.28. The van der Waals surface area contributed by atoms with Crippen LogP contribution in [0.5, 0.6) is 5.75 Å². The van der Waals surface area contributed by atoms with Crippen LogP contribution in [0.2, 0.25) is 10.0 Å². The number of phenolic OH excluding ortho intramolecular Hbond substituents is 1. The number of halogens is 5. The Morgan fingerprint density at radius 3 is 2.43 bits per heavy atom. The predicted octanol–water partition coefficient (Wildman–Crippen LogP) is 5.33. The van der Waals surface area contributed by atoms with Crippen molar-refractivity contribution in [2.75, 3.05) is 5.32 Å². The number of nitrogens with one attached hydrogen (secondary N) is 1. The smallest absolute Gasteiger partial charge is 0.418 e. The van der Waals surface area contributed by atoms with E-state index in [-0.39, 0.29) is 28.0 Å². The fraction of sp³-hybridized carbons (Fsp3) is 0.143. The molecule has 0 amide bonds. The highest BCUT2D eigenvalue weighted by atomic mass is 35.5. The van der Waals surface area contributed by atoms with Crippen molar-refractivity contribution in [3.05, 3.63) is 57.6 Å². The molecule has 21 heavy (non-hydrogen) atoms. The average Bonchev–Trinajstić information content (AvgIpc) is 2.38. The van der Waals surface area contributed by atoms with Gasteiger partial charge < -0.3 is 10.4 Å². The van der Waals surface area contributed by atoms with Crippen LogP contribution in [-0.4, -0.2) is 5.11 Å². The molecule has 2 nitrogen and oxygen atoms in total. The van der Waals surface area contributed by atoms with Crippen LogP contribution in [-0.2, 0) is 12.7 Å². The van der Waals surface area contributed by atoms with Gasteiger partial charge in [-0.2, -0.15) is 13.2 Å². The molecule has 0 bridgehead atoms. The van der Waals surface area contributed by atoms with E-state index in [1.165, 1.54) is 18.2 Å². The summed E-state index contributed by atoms with van der Waals surface area (Å²) in [6, 6.07) is 7.94. The van der Waals surface area contributed by atoms with E-state index in [0.29, 0.717) is 5.56 Å². The minimum atomic E-state index is -4.53. The first-order chi connectivity index (χ1) is 9.79. The van der Waals surface area contributed by atoms with Gasteiger partial charge in [0.25, 0.3) is 0 Å². The van der Waals surface area contributed by atoms with E-state index in [1.807, 2.05) is 0 Å². The summed E-state index contributed by atoms with van der Waals surface area (Å²) in [5.74, 6) is -0.0856. The number of benzene rings is 2. The van der Waals surface area contributed by atoms with Gasteiger partial charge in [-0.15, -0.1) is 0 Å². The maximum Gasteiger partial charge on any atom is 0.418 e. The third kappa shape index (κ3) is 3.74. The van der Waals surface area contributed by atoms with Crippen molar-refractivity contribution in [2.24, 2.45) is 0 Å². The van der Waals surface area contributed by atoms with Crippen molar-refractivity contribution in [3.8, 4) is 5.75 Å². The molecule has 0 saturated carbocycles. The van der Waals surface area contributed by atoms with Gasteiger partial charge in [0.2, 0.25) is 0 Å². The molecule has 2 aromatic carbocycles. The van der Waals surface area contributed by atoms with Crippen molar-refractivity contribution >= 4 is 28.9 Å². The number of hydrogen-bond acceptors (Lipinski definition) is 2. The molecule has 0 aliphatic heterocycles. The van der Waals surface area contributed by atoms with Crippen LogP contribution in [0.25, 0.3) is 0 Å². The first-order valence-corrected chi connectivity index (χ1v) is 6.61. The second-order valence-corrected chi connectivity index (χ2v) is 5.12. The van der Waals surface area contributed by atoms with Gasteiger partial charge in [0, 0.05) is 27.8 Å². The van der Waals surface area contributed by atoms with Gasteiger partial charge in [-0.1, -0.05) is 29.3 Å². The van der Waals surface area contributed by atoms with Crippen LogP contribution in [0.1, 0.15) is 11.1 Å². The van der Waals surface area contributed by atoms with Gasteiger partial charge in [-0.05, 0) is 30.3 Å². The summed E-state index contributed by atoms with van der Waals surface area (Å²) in [7, 11) is 0. The molecule has 2 rings (SSSR count). The Morgan fingerprint density at radius 2 is 1.81 bits per heavy atom. The molecule has 0 saturated heterocycles. The molecule has 2 aromatic rings. The quantitative estimate of drug-likeness (QED) is 0.794. The van der Waals surface area contributed by atoms with E-state index in [2.05, 4.69) is 5.32 Å². The van der Waals surface area contributed by atoms with E-state index < -0.39 is 11.7 Å². The largest absolute Gasteiger partial charge is 0.508 e. The fourth-order valence-corrected chi connectivity index (χ4v) is 2.22. The molecule has 112 valence electrons. The number of hydrogen-bond donors (Lipinski definition) is 2. The molecule has 0 aliphatic rings. The first kappa shape index (κ1) is 15.8. The SMILES string of the molecule is Oc1cccc(Cl)c1CNc1ccc(Cl)cc1C(F)(F)F. The summed E-state index contributed by atoms with van der Waals surface area (Å²) in [4.78, 5) is 0. The molecule has 7 heteroatoms. The fourth-order valence-electron chi connectivity index (χ4n) is 1.81. The highest BCUT2D eigenvalue weighted by Crippen LogP contribution is 2.37. The number of anilines is 1. The Hall–Kier alpha value is -1.59. The van der Waals surface area contributed by atoms with Gasteiger partial charge in [0.05, 0.1) is 5.56 Å². The summed E-state index contributed by atoms with van der Waals surface area (Å²) in [6.07, 6.45) is -4.53. The van der Waals surface area contributed by atoms with Crippen molar-refractivity contribution in [1.82, 2.24) is 0 Å². The molecular formula is C14H10Cl2F3NO. The van der Waals surface area contributed by atoms with Crippen LogP contribution < -0.4 is 5.32 Å². The van der Waals surface area contributed by atoms with Crippen LogP contribution >= 0.6 is 23.2 Å². The number of alkyl halides is 3. The van der Waals surface area contributed by atoms with E-state index in [4.69, 9.17) is 23.2 Å². The molecule has 0 aliphatic carbocycles. The van der Waals surface area contributed by atoms with Crippen LogP contribution in [0.15, 0.2) is 36.4 Å². The molecule has 0 fully saturated rings. The lowest BCUT2D eigenvalue weighted by atomic mass is 10.1. The van der Waals surface area contributed by atoms with Crippen molar-refractivity contribution < 1.29 is 18.3 Å². The molecule has 0 atom stereocenters. The normalized spacial score (nSPS) is 11.5. The first-order valence-electron chi connectivity index (χ1n) is 5.86. The Labute approximate surface area is 129 Å². The lowest BCUT2D eigenvalue weighted by molar-refractivity contribution is -0.136. The molecule has 0 aromatic heterocycles. The van der Waals surface area contributed by atoms with Crippen molar-refractivity contribution in [2.45, 2.75) is 12.7 Å². The Morgan fingerprint density at radius 1 is 1.10 bits per heavy atom. The predicted molar refractivity (Wildman–Crippen MR) is 76.9 cm³/mol. The number of aromatic hydroxyl groups is 1. The third-order valence-corrected chi connectivity index (χ3v) is 3.43. The topological polar surface area (TPSA) is 32.3 Å². The van der Waals surface area contributed by atoms with Gasteiger partial charge in [-0.25, -0.2) is 0 Å². The number of rotatable bonds is 3. The lowest BCUT2D eigenvalue weighted by Crippen LogP contribution is -2.11. The lowest BCUT2D eigenvalue weighted by Gasteiger charge is -2.16. The maximum atomic E-state index is 12.9. The average molecular weight is 336 g/mol. The summed E-state index contributed by atoms with van der Waals surface area (Å²) >= 11 is 11.5. The minimum absolute atomic E-state index is 0.00605. The Bertz CT molecular complexity index is 639. The Balaban J connectivity index is 2.29. The van der Waals surface area contributed by atoms with E-state index in [9.17, 15) is 18.3 Å². The van der Waals surface area contributed by atoms with Crippen LogP contribution in [0.3, 0.4) is 0 Å². The zero-order valence-electron chi connectivity index (χ0n) is 10.5. The molecule has 0 unspecified atom stereocenters. The van der Waals surface area contributed by atoms with Gasteiger partial charge >= 0.3 is 6.18 Å². The van der Waals surface area contributed by atoms with Gasteiger partial charge in [-0.3, -0.25) is 0 Å². The number of phenols is 1. The molecule has 2 N–H and O–H groups in total. The molecule has 0 radical (unpaired) electrons.